The number of carbonyl (C=O) groups is 8. The highest BCUT2D eigenvalue weighted by molar-refractivity contribution is 5.97. The van der Waals surface area contributed by atoms with Crippen LogP contribution in [0.15, 0.2) is 0 Å². The Balaban J connectivity index is 6.25. The maximum atomic E-state index is 13.6. The summed E-state index contributed by atoms with van der Waals surface area (Å²) >= 11 is 0. The van der Waals surface area contributed by atoms with Crippen molar-refractivity contribution in [3.63, 3.8) is 0 Å². The van der Waals surface area contributed by atoms with E-state index >= 15 is 0 Å². The average Bonchev–Trinajstić information content (AvgIpc) is 3.07. The second kappa shape index (κ2) is 25.5. The molecule has 0 rings (SSSR count). The molecule has 0 saturated carbocycles. The van der Waals surface area contributed by atoms with Gasteiger partial charge in [-0.3, -0.25) is 43.7 Å². The Morgan fingerprint density at radius 1 is 0.574 bits per heavy atom. The molecule has 0 aromatic carbocycles. The molecule has 23 heteroatoms. The lowest BCUT2D eigenvalue weighted by Gasteiger charge is -2.28. The van der Waals surface area contributed by atoms with Gasteiger partial charge in [0.25, 0.3) is 0 Å². The van der Waals surface area contributed by atoms with Gasteiger partial charge in [-0.2, -0.15) is 0 Å². The number of aliphatic hydroxyl groups is 2. The zero-order valence-electron chi connectivity index (χ0n) is 31.1. The second-order valence-corrected chi connectivity index (χ2v) is 12.9. The molecule has 0 aliphatic carbocycles. The maximum absolute atomic E-state index is 13.6. The Labute approximate surface area is 313 Å². The summed E-state index contributed by atoms with van der Waals surface area (Å²) in [6.45, 7) is 5.40. The summed E-state index contributed by atoms with van der Waals surface area (Å²) in [5.41, 5.74) is 27.4. The molecule has 0 saturated heterocycles. The van der Waals surface area contributed by atoms with Crippen LogP contribution in [0.3, 0.4) is 0 Å². The summed E-state index contributed by atoms with van der Waals surface area (Å²) in [6.07, 6.45) is -3.70. The van der Waals surface area contributed by atoms with Crippen molar-refractivity contribution < 1.29 is 53.7 Å². The van der Waals surface area contributed by atoms with E-state index < -0.39 is 115 Å². The van der Waals surface area contributed by atoms with Crippen molar-refractivity contribution in [1.82, 2.24) is 37.2 Å². The first-order valence-electron chi connectivity index (χ1n) is 17.5. The fraction of sp³-hybridized carbons (Fsp3) is 0.742. The third-order valence-electron chi connectivity index (χ3n) is 7.84. The molecular weight excluding hydrogens is 716 g/mol. The van der Waals surface area contributed by atoms with Crippen LogP contribution < -0.4 is 65.9 Å². The minimum absolute atomic E-state index is 0.0471. The molecule has 0 fully saturated rings. The Morgan fingerprint density at radius 2 is 1.00 bits per heavy atom. The van der Waals surface area contributed by atoms with Gasteiger partial charge in [-0.05, 0) is 79.3 Å². The van der Waals surface area contributed by atoms with E-state index in [0.717, 1.165) is 13.8 Å². The van der Waals surface area contributed by atoms with Crippen LogP contribution in [0, 0.1) is 0 Å². The van der Waals surface area contributed by atoms with Crippen molar-refractivity contribution in [3.8, 4) is 0 Å². The van der Waals surface area contributed by atoms with Crippen LogP contribution in [-0.4, -0.2) is 137 Å². The van der Waals surface area contributed by atoms with Gasteiger partial charge in [0.2, 0.25) is 41.4 Å². The Morgan fingerprint density at radius 3 is 1.43 bits per heavy atom. The lowest BCUT2D eigenvalue weighted by Crippen LogP contribution is -2.62. The molecule has 7 amide bonds. The van der Waals surface area contributed by atoms with Crippen LogP contribution in [0.4, 0.5) is 0 Å². The molecule has 0 unspecified atom stereocenters. The molecule has 0 aliphatic rings. The summed E-state index contributed by atoms with van der Waals surface area (Å²) in [5, 5.41) is 46.6. The Bertz CT molecular complexity index is 1270. The number of nitrogens with one attached hydrogen (secondary N) is 7. The number of aliphatic carboxylic acids is 1. The van der Waals surface area contributed by atoms with Gasteiger partial charge in [0.15, 0.2) is 0 Å². The molecule has 0 spiro atoms. The first kappa shape index (κ1) is 49.5. The van der Waals surface area contributed by atoms with Gasteiger partial charge in [0, 0.05) is 6.42 Å². The van der Waals surface area contributed by atoms with Crippen LogP contribution in [0.2, 0.25) is 0 Å². The standard InChI is InChI=1S/C31H60N12O11/c1-14(33)24(47)39-19(9-7-13-37-31(35)36)26(49)43-23(17(4)45)29(52)41-18(8-5-6-12-32)25(48)40-20(10-11-21(34)46)27(50)42-22(16(3)44)28(51)38-15(2)30(53)54/h14-20,22-23,31,37,44-45H,5-13,32-33,35-36H2,1-4H3,(H2,34,46)(H,38,51)(H,39,47)(H,40,48)(H,41,52)(H,42,50)(H,43,49)(H,53,54)/t14-,15-,16+,17+,18-,19-,20-,22-,23-/m0/s1. The lowest BCUT2D eigenvalue weighted by atomic mass is 10.0. The van der Waals surface area contributed by atoms with Gasteiger partial charge in [-0.1, -0.05) is 0 Å². The lowest BCUT2D eigenvalue weighted by molar-refractivity contribution is -0.142. The maximum Gasteiger partial charge on any atom is 0.325 e. The monoisotopic (exact) mass is 776 g/mol. The molecule has 23 nitrogen and oxygen atoms in total. The molecule has 0 heterocycles. The zero-order valence-corrected chi connectivity index (χ0v) is 31.1. The van der Waals surface area contributed by atoms with Crippen LogP contribution >= 0.6 is 0 Å². The number of nitrogens with two attached hydrogens (primary N) is 5. The van der Waals surface area contributed by atoms with Crippen LogP contribution in [-0.2, 0) is 38.4 Å². The van der Waals surface area contributed by atoms with Crippen molar-refractivity contribution in [2.24, 2.45) is 28.7 Å². The van der Waals surface area contributed by atoms with E-state index in [1.807, 2.05) is 0 Å². The zero-order chi connectivity index (χ0) is 41.7. The molecule has 310 valence electrons. The fourth-order valence-electron chi connectivity index (χ4n) is 4.68. The second-order valence-electron chi connectivity index (χ2n) is 12.9. The molecule has 0 aromatic rings. The van der Waals surface area contributed by atoms with Crippen molar-refractivity contribution in [1.29, 1.82) is 0 Å². The molecular formula is C31H60N12O11. The van der Waals surface area contributed by atoms with E-state index in [9.17, 15) is 48.6 Å². The van der Waals surface area contributed by atoms with E-state index in [1.54, 1.807) is 0 Å². The highest BCUT2D eigenvalue weighted by Crippen LogP contribution is 2.08. The van der Waals surface area contributed by atoms with Crippen LogP contribution in [0.25, 0.3) is 0 Å². The third-order valence-corrected chi connectivity index (χ3v) is 7.84. The van der Waals surface area contributed by atoms with E-state index in [-0.39, 0.29) is 38.8 Å². The number of carboxylic acid groups (broad SMARTS) is 1. The number of hydrogen-bond acceptors (Lipinski definition) is 15. The number of carboxylic acids is 1. The number of unbranched alkanes of at least 4 members (excludes halogenated alkanes) is 1. The van der Waals surface area contributed by atoms with E-state index in [2.05, 4.69) is 37.2 Å². The molecule has 0 bridgehead atoms. The minimum atomic E-state index is -1.68. The molecule has 9 atom stereocenters. The molecule has 20 N–H and O–H groups in total. The van der Waals surface area contributed by atoms with Crippen molar-refractivity contribution in [2.45, 2.75) is 133 Å². The van der Waals surface area contributed by atoms with Crippen molar-refractivity contribution in [3.05, 3.63) is 0 Å². The van der Waals surface area contributed by atoms with E-state index in [0.29, 0.717) is 12.8 Å². The largest absolute Gasteiger partial charge is 0.480 e. The van der Waals surface area contributed by atoms with Gasteiger partial charge in [-0.25, -0.2) is 0 Å². The summed E-state index contributed by atoms with van der Waals surface area (Å²) in [7, 11) is 0. The van der Waals surface area contributed by atoms with Gasteiger partial charge >= 0.3 is 5.97 Å². The van der Waals surface area contributed by atoms with Gasteiger partial charge < -0.3 is 75.9 Å². The summed E-state index contributed by atoms with van der Waals surface area (Å²) in [4.78, 5) is 102. The minimum Gasteiger partial charge on any atom is -0.480 e. The van der Waals surface area contributed by atoms with E-state index in [4.69, 9.17) is 33.8 Å². The van der Waals surface area contributed by atoms with Gasteiger partial charge in [0.1, 0.15) is 42.5 Å². The first-order chi connectivity index (χ1) is 25.1. The topological polar surface area (TPSA) is 412 Å². The molecule has 54 heavy (non-hydrogen) atoms. The Kier molecular flexibility index (Phi) is 23.4. The summed E-state index contributed by atoms with van der Waals surface area (Å²) in [6, 6.07) is -9.87. The summed E-state index contributed by atoms with van der Waals surface area (Å²) in [5.74, 6) is -7.84. The van der Waals surface area contributed by atoms with Crippen molar-refractivity contribution in [2.75, 3.05) is 13.1 Å². The predicted octanol–water partition coefficient (Wildman–Crippen LogP) is -6.93. The Hall–Kier alpha value is -4.52. The number of amides is 7. The molecule has 0 aromatic heterocycles. The van der Waals surface area contributed by atoms with Gasteiger partial charge in [0.05, 0.1) is 18.2 Å². The highest BCUT2D eigenvalue weighted by Gasteiger charge is 2.35. The first-order valence-corrected chi connectivity index (χ1v) is 17.5. The van der Waals surface area contributed by atoms with Gasteiger partial charge in [-0.15, -0.1) is 0 Å². The van der Waals surface area contributed by atoms with Crippen LogP contribution in [0.5, 0.6) is 0 Å². The highest BCUT2D eigenvalue weighted by atomic mass is 16.4. The fourth-order valence-corrected chi connectivity index (χ4v) is 4.68. The summed E-state index contributed by atoms with van der Waals surface area (Å²) < 4.78 is 0. The SMILES string of the molecule is C[C@H](N)C(=O)N[C@@H](CCCNC(N)N)C(=O)N[C@H](C(=O)N[C@@H](CCCCN)C(=O)N[C@@H](CCC(N)=O)C(=O)N[C@H](C(=O)N[C@@H](C)C(=O)O)[C@@H](C)O)[C@@H](C)O. The van der Waals surface area contributed by atoms with Crippen LogP contribution in [0.1, 0.15) is 72.6 Å². The number of primary amides is 1. The van der Waals surface area contributed by atoms with Crippen molar-refractivity contribution >= 4 is 47.3 Å². The number of hydrogen-bond donors (Lipinski definition) is 15. The quantitative estimate of drug-likeness (QED) is 0.0272. The molecule has 0 radical (unpaired) electrons. The number of carbonyl (C=O) groups excluding carboxylic acids is 7. The predicted molar refractivity (Wildman–Crippen MR) is 193 cm³/mol. The molecule has 0 aliphatic heterocycles. The average molecular weight is 777 g/mol. The van der Waals surface area contributed by atoms with E-state index in [1.165, 1.54) is 13.8 Å². The smallest absolute Gasteiger partial charge is 0.325 e. The number of aliphatic hydroxyl groups excluding tert-OH is 2. The normalized spacial score (nSPS) is 16.2. The number of rotatable bonds is 27. The third kappa shape index (κ3) is 19.5.